The van der Waals surface area contributed by atoms with E-state index in [9.17, 15) is 0 Å². The molecule has 33 heavy (non-hydrogen) atoms. The Hall–Kier alpha value is 0. The van der Waals surface area contributed by atoms with Crippen molar-refractivity contribution >= 4 is 0 Å². The van der Waals surface area contributed by atoms with Gasteiger partial charge in [-0.2, -0.15) is 0 Å². The summed E-state index contributed by atoms with van der Waals surface area (Å²) in [7, 11) is 0. The molecule has 0 saturated carbocycles. The van der Waals surface area contributed by atoms with Crippen molar-refractivity contribution in [2.75, 3.05) is 0 Å². The van der Waals surface area contributed by atoms with Crippen LogP contribution in [0.4, 0.5) is 0 Å². The van der Waals surface area contributed by atoms with E-state index in [2.05, 4.69) is 20.8 Å². The lowest BCUT2D eigenvalue weighted by Gasteiger charge is -2.11. The number of hydrogen-bond acceptors (Lipinski definition) is 0. The zero-order chi connectivity index (χ0) is 24.1. The monoisotopic (exact) mass is 465 g/mol. The largest absolute Gasteiger partial charge is 0.0654 e. The fraction of sp³-hybridized carbons (Fsp3) is 1.00. The van der Waals surface area contributed by atoms with Crippen LogP contribution in [0.15, 0.2) is 0 Å². The summed E-state index contributed by atoms with van der Waals surface area (Å²) in [6.07, 6.45) is 42.7. The van der Waals surface area contributed by atoms with Gasteiger partial charge < -0.3 is 0 Å². The molecule has 0 aromatic carbocycles. The average molecular weight is 465 g/mol. The second-order valence-corrected chi connectivity index (χ2v) is 11.5. The van der Waals surface area contributed by atoms with Crippen LogP contribution in [0.3, 0.4) is 0 Å². The predicted octanol–water partition coefficient (Wildman–Crippen LogP) is 13.0. The van der Waals surface area contributed by atoms with Gasteiger partial charge in [0.25, 0.3) is 0 Å². The maximum absolute atomic E-state index is 2.50. The van der Waals surface area contributed by atoms with E-state index in [0.29, 0.717) is 0 Å². The van der Waals surface area contributed by atoms with Crippen LogP contribution < -0.4 is 0 Å². The highest BCUT2D eigenvalue weighted by Crippen LogP contribution is 2.19. The molecule has 0 fully saturated rings. The van der Waals surface area contributed by atoms with Crippen LogP contribution in [0.5, 0.6) is 0 Å². The molecule has 0 aliphatic rings. The van der Waals surface area contributed by atoms with Gasteiger partial charge in [-0.15, -0.1) is 0 Å². The van der Waals surface area contributed by atoms with Gasteiger partial charge >= 0.3 is 0 Å². The minimum Gasteiger partial charge on any atom is -0.0654 e. The average Bonchev–Trinajstić information content (AvgIpc) is 2.82. The fourth-order valence-corrected chi connectivity index (χ4v) is 5.34. The van der Waals surface area contributed by atoms with E-state index in [0.717, 1.165) is 5.92 Å². The molecule has 0 radical (unpaired) electrons. The zero-order valence-corrected chi connectivity index (χ0v) is 24.1. The van der Waals surface area contributed by atoms with Crippen LogP contribution in [0.1, 0.15) is 207 Å². The summed E-state index contributed by atoms with van der Waals surface area (Å²) in [4.78, 5) is 0. The number of rotatable bonds is 29. The van der Waals surface area contributed by atoms with Crippen molar-refractivity contribution in [1.29, 1.82) is 0 Å². The summed E-state index contributed by atoms with van der Waals surface area (Å²) >= 11 is 0. The van der Waals surface area contributed by atoms with Crippen LogP contribution >= 0.6 is 0 Å². The molecule has 0 saturated heterocycles. The molecular formula is C33H68. The second-order valence-electron chi connectivity index (χ2n) is 11.5. The fourth-order valence-electron chi connectivity index (χ4n) is 5.34. The number of hydrogen-bond donors (Lipinski definition) is 0. The van der Waals surface area contributed by atoms with Gasteiger partial charge in [-0.05, 0) is 5.92 Å². The Morgan fingerprint density at radius 2 is 0.455 bits per heavy atom. The molecule has 1 atom stereocenters. The minimum absolute atomic E-state index is 0.968. The van der Waals surface area contributed by atoms with E-state index in [4.69, 9.17) is 0 Å². The quantitative estimate of drug-likeness (QED) is 0.0965. The summed E-state index contributed by atoms with van der Waals surface area (Å²) in [6, 6.07) is 0. The first-order valence-electron chi connectivity index (χ1n) is 16.3. The summed E-state index contributed by atoms with van der Waals surface area (Å²) in [5, 5.41) is 0. The summed E-state index contributed by atoms with van der Waals surface area (Å²) in [5.41, 5.74) is 0. The smallest absolute Gasteiger partial charge is 0.0443 e. The van der Waals surface area contributed by atoms with Gasteiger partial charge in [-0.3, -0.25) is 0 Å². The molecule has 1 unspecified atom stereocenters. The van der Waals surface area contributed by atoms with E-state index in [1.807, 2.05) is 0 Å². The Morgan fingerprint density at radius 3 is 0.667 bits per heavy atom. The molecule has 0 bridgehead atoms. The third-order valence-corrected chi connectivity index (χ3v) is 7.85. The molecule has 0 heteroatoms. The van der Waals surface area contributed by atoms with Crippen molar-refractivity contribution in [2.45, 2.75) is 207 Å². The molecule has 0 amide bonds. The van der Waals surface area contributed by atoms with Crippen molar-refractivity contribution < 1.29 is 0 Å². The first-order chi connectivity index (χ1) is 16.3. The first kappa shape index (κ1) is 33.0. The lowest BCUT2D eigenvalue weighted by Crippen LogP contribution is -1.95. The maximum Gasteiger partial charge on any atom is -0.0443 e. The molecule has 200 valence electrons. The highest BCUT2D eigenvalue weighted by atomic mass is 14.1. The normalized spacial score (nSPS) is 12.5. The highest BCUT2D eigenvalue weighted by molar-refractivity contribution is 4.56. The predicted molar refractivity (Wildman–Crippen MR) is 154 cm³/mol. The van der Waals surface area contributed by atoms with Gasteiger partial charge in [-0.25, -0.2) is 0 Å². The molecule has 0 nitrogen and oxygen atoms in total. The molecule has 0 aromatic heterocycles. The standard InChI is InChI=1S/C33H68/c1-4-6-8-10-12-14-16-18-19-20-22-24-26-28-30-32-33(3)31-29-27-25-23-21-17-15-13-11-9-7-5-2/h33H,4-32H2,1-3H3. The summed E-state index contributed by atoms with van der Waals surface area (Å²) in [6.45, 7) is 7.12. The third-order valence-electron chi connectivity index (χ3n) is 7.85. The zero-order valence-electron chi connectivity index (χ0n) is 24.1. The molecule has 0 N–H and O–H groups in total. The SMILES string of the molecule is CCCCCCCCCCCCCCCCCC(C)CCCCCCCCCCCCCC. The molecule has 0 rings (SSSR count). The molecular weight excluding hydrogens is 396 g/mol. The van der Waals surface area contributed by atoms with Crippen molar-refractivity contribution in [1.82, 2.24) is 0 Å². The molecule has 0 aliphatic heterocycles. The maximum atomic E-state index is 2.50. The van der Waals surface area contributed by atoms with Crippen molar-refractivity contribution in [3.63, 3.8) is 0 Å². The Labute approximate surface area is 212 Å². The van der Waals surface area contributed by atoms with Crippen molar-refractivity contribution in [3.8, 4) is 0 Å². The van der Waals surface area contributed by atoms with Crippen LogP contribution in [0.2, 0.25) is 0 Å². The van der Waals surface area contributed by atoms with Gasteiger partial charge in [0.15, 0.2) is 0 Å². The molecule has 0 spiro atoms. The van der Waals surface area contributed by atoms with Crippen molar-refractivity contribution in [2.24, 2.45) is 5.92 Å². The van der Waals surface area contributed by atoms with Gasteiger partial charge in [0.1, 0.15) is 0 Å². The van der Waals surface area contributed by atoms with Gasteiger partial charge in [0.05, 0.1) is 0 Å². The Kier molecular flexibility index (Phi) is 30.0. The van der Waals surface area contributed by atoms with Gasteiger partial charge in [0, 0.05) is 0 Å². The van der Waals surface area contributed by atoms with Crippen LogP contribution in [0, 0.1) is 5.92 Å². The Morgan fingerprint density at radius 1 is 0.273 bits per heavy atom. The number of unbranched alkanes of at least 4 members (excludes halogenated alkanes) is 25. The lowest BCUT2D eigenvalue weighted by molar-refractivity contribution is 0.429. The van der Waals surface area contributed by atoms with Crippen molar-refractivity contribution in [3.05, 3.63) is 0 Å². The highest BCUT2D eigenvalue weighted by Gasteiger charge is 2.02. The lowest BCUT2D eigenvalue weighted by atomic mass is 9.95. The second kappa shape index (κ2) is 30.0. The van der Waals surface area contributed by atoms with E-state index >= 15 is 0 Å². The molecule has 0 aromatic rings. The van der Waals surface area contributed by atoms with Gasteiger partial charge in [0.2, 0.25) is 0 Å². The van der Waals surface area contributed by atoms with E-state index in [1.165, 1.54) is 186 Å². The third kappa shape index (κ3) is 30.0. The van der Waals surface area contributed by atoms with E-state index < -0.39 is 0 Å². The minimum atomic E-state index is 0.968. The Balaban J connectivity index is 3.13. The van der Waals surface area contributed by atoms with E-state index in [1.54, 1.807) is 0 Å². The summed E-state index contributed by atoms with van der Waals surface area (Å²) in [5.74, 6) is 0.968. The van der Waals surface area contributed by atoms with Crippen LogP contribution in [-0.2, 0) is 0 Å². The summed E-state index contributed by atoms with van der Waals surface area (Å²) < 4.78 is 0. The molecule has 0 aliphatic carbocycles. The topological polar surface area (TPSA) is 0 Å². The van der Waals surface area contributed by atoms with Gasteiger partial charge in [-0.1, -0.05) is 207 Å². The molecule has 0 heterocycles. The van der Waals surface area contributed by atoms with Crippen LogP contribution in [0.25, 0.3) is 0 Å². The Bertz CT molecular complexity index is 320. The first-order valence-corrected chi connectivity index (χ1v) is 16.3. The van der Waals surface area contributed by atoms with Crippen LogP contribution in [-0.4, -0.2) is 0 Å². The van der Waals surface area contributed by atoms with E-state index in [-0.39, 0.29) is 0 Å².